The molecule has 11 nitrogen and oxygen atoms in total. The lowest BCUT2D eigenvalue weighted by Gasteiger charge is -2.08. The van der Waals surface area contributed by atoms with Gasteiger partial charge in [0, 0.05) is 13.1 Å². The van der Waals surface area contributed by atoms with Gasteiger partial charge in [-0.25, -0.2) is 4.98 Å². The van der Waals surface area contributed by atoms with Crippen LogP contribution in [-0.2, 0) is 20.2 Å². The van der Waals surface area contributed by atoms with Crippen molar-refractivity contribution in [1.29, 1.82) is 0 Å². The van der Waals surface area contributed by atoms with E-state index in [0.717, 1.165) is 12.1 Å². The van der Waals surface area contributed by atoms with Gasteiger partial charge in [-0.05, 0) is 12.1 Å². The van der Waals surface area contributed by atoms with E-state index in [1.807, 2.05) is 0 Å². The quantitative estimate of drug-likeness (QED) is 0.267. The highest BCUT2D eigenvalue weighted by Gasteiger charge is 2.15. The fraction of sp³-hybridized carbons (Fsp3) is 0.364. The van der Waals surface area contributed by atoms with Gasteiger partial charge >= 0.3 is 0 Å². The molecule has 0 atom stereocenters. The van der Waals surface area contributed by atoms with E-state index >= 15 is 0 Å². The van der Waals surface area contributed by atoms with E-state index in [1.165, 1.54) is 0 Å². The molecule has 1 aromatic heterocycles. The number of carbonyl (C=O) groups is 2. The van der Waals surface area contributed by atoms with Crippen LogP contribution in [-0.4, -0.2) is 75.2 Å². The molecule has 0 unspecified atom stereocenters. The van der Waals surface area contributed by atoms with E-state index in [1.54, 1.807) is 0 Å². The lowest BCUT2D eigenvalue weighted by molar-refractivity contribution is 0.0947. The average Bonchev–Trinajstić information content (AvgIpc) is 2.43. The van der Waals surface area contributed by atoms with Crippen molar-refractivity contribution in [2.24, 2.45) is 0 Å². The smallest absolute Gasteiger partial charge is 0.269 e. The molecule has 1 aromatic rings. The van der Waals surface area contributed by atoms with E-state index in [-0.39, 0.29) is 29.9 Å². The summed E-state index contributed by atoms with van der Waals surface area (Å²) in [6, 6.07) is 2.27. The first kappa shape index (κ1) is 21.0. The van der Waals surface area contributed by atoms with Gasteiger partial charge in [-0.1, -0.05) is 5.46 Å². The maximum atomic E-state index is 11.9. The van der Waals surface area contributed by atoms with Gasteiger partial charge in [-0.15, -0.1) is 0 Å². The van der Waals surface area contributed by atoms with E-state index in [9.17, 15) is 26.4 Å². The molecule has 1 rings (SSSR count). The van der Waals surface area contributed by atoms with Gasteiger partial charge in [0.1, 0.15) is 19.2 Å². The number of nitrogens with one attached hydrogen (secondary N) is 2. The molecule has 0 aliphatic carbocycles. The first-order valence-corrected chi connectivity index (χ1v) is 9.83. The van der Waals surface area contributed by atoms with Gasteiger partial charge in [-0.2, -0.15) is 16.8 Å². The predicted octanol–water partition coefficient (Wildman–Crippen LogP) is -2.89. The Morgan fingerprint density at radius 1 is 0.920 bits per heavy atom. The van der Waals surface area contributed by atoms with Crippen LogP contribution in [0, 0.1) is 0 Å². The summed E-state index contributed by atoms with van der Waals surface area (Å²) in [6.45, 7) is -0.770. The number of aromatic nitrogens is 1. The zero-order valence-electron chi connectivity index (χ0n) is 12.7. The second-order valence-electron chi connectivity index (χ2n) is 4.75. The number of carbonyl (C=O) groups excluding carboxylic acids is 2. The van der Waals surface area contributed by atoms with Crippen molar-refractivity contribution in [2.45, 2.75) is 0 Å². The van der Waals surface area contributed by atoms with Crippen molar-refractivity contribution in [3.63, 3.8) is 0 Å². The summed E-state index contributed by atoms with van der Waals surface area (Å²) < 4.78 is 59.4. The molecule has 0 spiro atoms. The Bertz CT molecular complexity index is 801. The number of amides is 2. The molecule has 0 aliphatic heterocycles. The Morgan fingerprint density at radius 3 is 1.60 bits per heavy atom. The lowest BCUT2D eigenvalue weighted by atomic mass is 9.95. The third-order valence-electron chi connectivity index (χ3n) is 2.60. The summed E-state index contributed by atoms with van der Waals surface area (Å²) in [7, 11) is -2.94. The second-order valence-corrected chi connectivity index (χ2v) is 7.90. The van der Waals surface area contributed by atoms with Crippen LogP contribution in [0.25, 0.3) is 0 Å². The molecule has 2 amide bonds. The maximum absolute atomic E-state index is 11.9. The number of pyridine rings is 1. The fourth-order valence-corrected chi connectivity index (χ4v) is 2.27. The van der Waals surface area contributed by atoms with Crippen LogP contribution in [0.15, 0.2) is 12.1 Å². The minimum Gasteiger partial charge on any atom is -0.350 e. The van der Waals surface area contributed by atoms with Crippen LogP contribution in [0.1, 0.15) is 21.0 Å². The first-order chi connectivity index (χ1) is 11.4. The summed E-state index contributed by atoms with van der Waals surface area (Å²) in [5, 5.41) is 4.34. The van der Waals surface area contributed by atoms with Crippen molar-refractivity contribution in [3.05, 3.63) is 23.5 Å². The fourth-order valence-electron chi connectivity index (χ4n) is 1.55. The molecule has 1 heterocycles. The normalized spacial score (nSPS) is 11.8. The molecule has 0 fully saturated rings. The minimum atomic E-state index is -4.25. The molecule has 0 saturated heterocycles. The number of nitrogens with zero attached hydrogens (tertiary/aromatic N) is 1. The van der Waals surface area contributed by atoms with E-state index in [0.29, 0.717) is 0 Å². The van der Waals surface area contributed by atoms with Gasteiger partial charge in [0.05, 0.1) is 11.5 Å². The molecular formula is C11H14BN3O8S2. The summed E-state index contributed by atoms with van der Waals surface area (Å²) in [6.07, 6.45) is 0. The van der Waals surface area contributed by atoms with E-state index in [2.05, 4.69) is 15.6 Å². The minimum absolute atomic E-state index is 0.00913. The molecule has 25 heavy (non-hydrogen) atoms. The van der Waals surface area contributed by atoms with Crippen molar-refractivity contribution in [1.82, 2.24) is 15.6 Å². The van der Waals surface area contributed by atoms with Gasteiger partial charge in [-0.3, -0.25) is 18.7 Å². The molecular weight excluding hydrogens is 377 g/mol. The number of rotatable bonds is 8. The zero-order valence-corrected chi connectivity index (χ0v) is 14.3. The van der Waals surface area contributed by atoms with Crippen LogP contribution in [0.2, 0.25) is 0 Å². The maximum Gasteiger partial charge on any atom is 0.269 e. The third-order valence-corrected chi connectivity index (χ3v) is 4.04. The molecule has 0 aliphatic rings. The second kappa shape index (κ2) is 8.38. The Hall–Kier alpha value is -2.03. The molecule has 0 bridgehead atoms. The lowest BCUT2D eigenvalue weighted by Crippen LogP contribution is -2.33. The standard InChI is InChI=1S/C11H14BN3O8S2/c12-7-5-8(10(16)13-1-3-24(18,19)20)15-9(6-7)11(17)14-2-4-25(21,22)23/h5-6H,1-4H2,(H,13,16)(H,14,17)(H,18,19,20)(H,21,22,23). The van der Waals surface area contributed by atoms with E-state index < -0.39 is 43.6 Å². The summed E-state index contributed by atoms with van der Waals surface area (Å²) >= 11 is 0. The SMILES string of the molecule is [B]c1cc(C(=O)NCCS(=O)(=O)O)nc(C(=O)NCCS(=O)(=O)O)c1. The molecule has 136 valence electrons. The van der Waals surface area contributed by atoms with Gasteiger partial charge < -0.3 is 10.6 Å². The highest BCUT2D eigenvalue weighted by Crippen LogP contribution is 1.98. The van der Waals surface area contributed by atoms with Crippen molar-refractivity contribution >= 4 is 45.4 Å². The highest BCUT2D eigenvalue weighted by atomic mass is 32.2. The van der Waals surface area contributed by atoms with Gasteiger partial charge in [0.25, 0.3) is 32.1 Å². The van der Waals surface area contributed by atoms with Crippen LogP contribution in [0.3, 0.4) is 0 Å². The topological polar surface area (TPSA) is 180 Å². The Labute approximate surface area is 145 Å². The largest absolute Gasteiger partial charge is 0.350 e. The third kappa shape index (κ3) is 8.58. The van der Waals surface area contributed by atoms with Crippen molar-refractivity contribution in [2.75, 3.05) is 24.6 Å². The van der Waals surface area contributed by atoms with Crippen molar-refractivity contribution < 1.29 is 35.5 Å². The Morgan fingerprint density at radius 2 is 1.28 bits per heavy atom. The summed E-state index contributed by atoms with van der Waals surface area (Å²) in [5.41, 5.74) is -0.555. The van der Waals surface area contributed by atoms with Crippen LogP contribution in [0.5, 0.6) is 0 Å². The van der Waals surface area contributed by atoms with Crippen LogP contribution >= 0.6 is 0 Å². The van der Waals surface area contributed by atoms with Gasteiger partial charge in [0.15, 0.2) is 0 Å². The average molecular weight is 391 g/mol. The number of hydrogen-bond donors (Lipinski definition) is 4. The Balaban J connectivity index is 2.77. The van der Waals surface area contributed by atoms with Gasteiger partial charge in [0.2, 0.25) is 0 Å². The van der Waals surface area contributed by atoms with Crippen LogP contribution < -0.4 is 16.1 Å². The monoisotopic (exact) mass is 391 g/mol. The van der Waals surface area contributed by atoms with E-state index in [4.69, 9.17) is 17.0 Å². The summed E-state index contributed by atoms with van der Waals surface area (Å²) in [5.74, 6) is -3.07. The first-order valence-electron chi connectivity index (χ1n) is 6.62. The zero-order chi connectivity index (χ0) is 19.3. The Kier molecular flexibility index (Phi) is 7.04. The summed E-state index contributed by atoms with van der Waals surface area (Å²) in [4.78, 5) is 27.4. The highest BCUT2D eigenvalue weighted by molar-refractivity contribution is 7.86. The predicted molar refractivity (Wildman–Crippen MR) is 87.1 cm³/mol. The molecule has 14 heteroatoms. The molecule has 4 N–H and O–H groups in total. The van der Waals surface area contributed by atoms with Crippen LogP contribution in [0.4, 0.5) is 0 Å². The van der Waals surface area contributed by atoms with Crippen molar-refractivity contribution in [3.8, 4) is 0 Å². The molecule has 0 saturated carbocycles. The number of hydrogen-bond acceptors (Lipinski definition) is 7. The molecule has 2 radical (unpaired) electrons. The molecule has 0 aromatic carbocycles.